The van der Waals surface area contributed by atoms with Crippen molar-refractivity contribution in [3.05, 3.63) is 28.2 Å². The largest absolute Gasteiger partial charge is 0.478 e. The summed E-state index contributed by atoms with van der Waals surface area (Å²) in [5.74, 6) is -1.84. The summed E-state index contributed by atoms with van der Waals surface area (Å²) in [5.41, 5.74) is 6.70. The normalized spacial score (nSPS) is 17.5. The van der Waals surface area contributed by atoms with Crippen LogP contribution in [0.25, 0.3) is 0 Å². The molecule has 1 atom stereocenters. The molecule has 1 aromatic rings. The highest BCUT2D eigenvalue weighted by Crippen LogP contribution is 2.39. The molecule has 2 rings (SSSR count). The molecule has 0 saturated heterocycles. The predicted molar refractivity (Wildman–Crippen MR) is 79.4 cm³/mol. The van der Waals surface area contributed by atoms with Crippen LogP contribution in [0.5, 0.6) is 0 Å². The maximum absolute atomic E-state index is 11.7. The smallest absolute Gasteiger partial charge is 0.328 e. The number of nitrogens with one attached hydrogen (secondary N) is 1. The molecule has 0 fully saturated rings. The molecule has 0 bridgehead atoms. The lowest BCUT2D eigenvalue weighted by Gasteiger charge is -2.18. The van der Waals surface area contributed by atoms with Crippen LogP contribution in [0.4, 0.5) is 5.00 Å². The highest BCUT2D eigenvalue weighted by molar-refractivity contribution is 7.17. The zero-order valence-electron chi connectivity index (χ0n) is 11.5. The average Bonchev–Trinajstić information content (AvgIpc) is 2.73. The molecule has 0 radical (unpaired) electrons. The summed E-state index contributed by atoms with van der Waals surface area (Å²) in [6.07, 6.45) is 4.27. The van der Waals surface area contributed by atoms with Gasteiger partial charge < -0.3 is 16.2 Å². The van der Waals surface area contributed by atoms with Crippen molar-refractivity contribution in [1.82, 2.24) is 0 Å². The molecule has 0 spiro atoms. The Hall–Kier alpha value is -2.15. The lowest BCUT2D eigenvalue weighted by atomic mass is 9.88. The number of thiophene rings is 1. The first-order valence-electron chi connectivity index (χ1n) is 6.54. The maximum Gasteiger partial charge on any atom is 0.328 e. The van der Waals surface area contributed by atoms with E-state index < -0.39 is 17.8 Å². The fourth-order valence-corrected chi connectivity index (χ4v) is 3.82. The second-order valence-corrected chi connectivity index (χ2v) is 6.19. The molecule has 1 aromatic heterocycles. The van der Waals surface area contributed by atoms with Crippen molar-refractivity contribution in [2.24, 2.45) is 11.7 Å². The van der Waals surface area contributed by atoms with Crippen molar-refractivity contribution >= 4 is 34.1 Å². The number of fused-ring (bicyclic) bond motifs is 1. The first-order valence-corrected chi connectivity index (χ1v) is 7.36. The Labute approximate surface area is 125 Å². The second-order valence-electron chi connectivity index (χ2n) is 5.08. The van der Waals surface area contributed by atoms with Crippen LogP contribution in [-0.2, 0) is 22.4 Å². The van der Waals surface area contributed by atoms with Crippen LogP contribution in [0.2, 0.25) is 0 Å². The van der Waals surface area contributed by atoms with E-state index in [1.165, 1.54) is 11.3 Å². The molecular formula is C14H16N2O4S. The van der Waals surface area contributed by atoms with E-state index in [0.717, 1.165) is 41.9 Å². The molecule has 7 heteroatoms. The summed E-state index contributed by atoms with van der Waals surface area (Å²) in [6, 6.07) is 0. The predicted octanol–water partition coefficient (Wildman–Crippen LogP) is 1.55. The van der Waals surface area contributed by atoms with Gasteiger partial charge in [0.15, 0.2) is 0 Å². The first-order chi connectivity index (χ1) is 9.88. The van der Waals surface area contributed by atoms with E-state index in [2.05, 4.69) is 12.2 Å². The van der Waals surface area contributed by atoms with Gasteiger partial charge in [-0.05, 0) is 30.7 Å². The molecule has 4 N–H and O–H groups in total. The van der Waals surface area contributed by atoms with Gasteiger partial charge in [0.2, 0.25) is 5.91 Å². The molecule has 0 aromatic carbocycles. The van der Waals surface area contributed by atoms with Gasteiger partial charge in [0.05, 0.1) is 5.56 Å². The number of rotatable bonds is 4. The number of carbonyl (C=O) groups is 3. The van der Waals surface area contributed by atoms with Gasteiger partial charge in [-0.2, -0.15) is 0 Å². The fraction of sp³-hybridized carbons (Fsp3) is 0.357. The van der Waals surface area contributed by atoms with Gasteiger partial charge >= 0.3 is 5.97 Å². The minimum absolute atomic E-state index is 0.360. The quantitative estimate of drug-likeness (QED) is 0.733. The molecule has 0 unspecified atom stereocenters. The van der Waals surface area contributed by atoms with Gasteiger partial charge in [-0.25, -0.2) is 4.79 Å². The maximum atomic E-state index is 11.7. The number of primary amides is 1. The van der Waals surface area contributed by atoms with E-state index >= 15 is 0 Å². The number of hydrogen-bond acceptors (Lipinski definition) is 4. The van der Waals surface area contributed by atoms with Crippen LogP contribution in [0.1, 0.15) is 34.1 Å². The number of anilines is 1. The fourth-order valence-electron chi connectivity index (χ4n) is 2.40. The van der Waals surface area contributed by atoms with Crippen LogP contribution in [0.3, 0.4) is 0 Å². The first kappa shape index (κ1) is 15.2. The molecule has 2 amide bonds. The molecule has 112 valence electrons. The van der Waals surface area contributed by atoms with Crippen LogP contribution in [0.15, 0.2) is 12.2 Å². The van der Waals surface area contributed by atoms with Crippen molar-refractivity contribution in [2.75, 3.05) is 5.32 Å². The zero-order valence-corrected chi connectivity index (χ0v) is 12.3. The SMILES string of the molecule is C[C@H]1CCc2c(sc(NC(=O)/C=C\C(=O)O)c2C(N)=O)C1. The Kier molecular flexibility index (Phi) is 4.42. The third-order valence-corrected chi connectivity index (χ3v) is 4.54. The van der Waals surface area contributed by atoms with Gasteiger partial charge in [-0.15, -0.1) is 11.3 Å². The van der Waals surface area contributed by atoms with Gasteiger partial charge in [-0.3, -0.25) is 9.59 Å². The highest BCUT2D eigenvalue weighted by Gasteiger charge is 2.26. The lowest BCUT2D eigenvalue weighted by Crippen LogP contribution is -2.18. The lowest BCUT2D eigenvalue weighted by molar-refractivity contribution is -0.131. The Morgan fingerprint density at radius 1 is 1.38 bits per heavy atom. The number of nitrogens with two attached hydrogens (primary N) is 1. The number of carboxylic acids is 1. The molecule has 6 nitrogen and oxygen atoms in total. The van der Waals surface area contributed by atoms with Crippen molar-refractivity contribution in [2.45, 2.75) is 26.2 Å². The molecule has 0 aliphatic heterocycles. The van der Waals surface area contributed by atoms with Crippen LogP contribution < -0.4 is 11.1 Å². The average molecular weight is 308 g/mol. The summed E-state index contributed by atoms with van der Waals surface area (Å²) in [4.78, 5) is 34.8. The van der Waals surface area contributed by atoms with Crippen molar-refractivity contribution in [3.8, 4) is 0 Å². The number of amides is 2. The Morgan fingerprint density at radius 3 is 2.71 bits per heavy atom. The van der Waals surface area contributed by atoms with Crippen molar-refractivity contribution in [1.29, 1.82) is 0 Å². The van der Waals surface area contributed by atoms with Crippen LogP contribution in [0, 0.1) is 5.92 Å². The second kappa shape index (κ2) is 6.09. The Morgan fingerprint density at radius 2 is 2.10 bits per heavy atom. The number of carboxylic acid groups (broad SMARTS) is 1. The number of hydrogen-bond donors (Lipinski definition) is 3. The Bertz CT molecular complexity index is 633. The van der Waals surface area contributed by atoms with Gasteiger partial charge in [0.25, 0.3) is 5.91 Å². The Balaban J connectivity index is 2.29. The van der Waals surface area contributed by atoms with Crippen LogP contribution >= 0.6 is 11.3 Å². The minimum Gasteiger partial charge on any atom is -0.478 e. The van der Waals surface area contributed by atoms with Crippen LogP contribution in [-0.4, -0.2) is 22.9 Å². The topological polar surface area (TPSA) is 109 Å². The standard InChI is InChI=1S/C14H16N2O4S/c1-7-2-3-8-9(6-7)21-14(12(8)13(15)20)16-10(17)4-5-11(18)19/h4-5,7H,2-3,6H2,1H3,(H2,15,20)(H,16,17)(H,18,19)/b5-4-/t7-/m0/s1. The third kappa shape index (κ3) is 3.49. The molecule has 1 aliphatic rings. The summed E-state index contributed by atoms with van der Waals surface area (Å²) in [6.45, 7) is 2.14. The summed E-state index contributed by atoms with van der Waals surface area (Å²) >= 11 is 1.34. The number of carbonyl (C=O) groups excluding carboxylic acids is 2. The molecule has 1 heterocycles. The third-order valence-electron chi connectivity index (χ3n) is 3.37. The van der Waals surface area contributed by atoms with E-state index in [0.29, 0.717) is 16.5 Å². The van der Waals surface area contributed by atoms with E-state index in [-0.39, 0.29) is 0 Å². The summed E-state index contributed by atoms with van der Waals surface area (Å²) in [5, 5.41) is 11.4. The van der Waals surface area contributed by atoms with Gasteiger partial charge in [0.1, 0.15) is 5.00 Å². The van der Waals surface area contributed by atoms with Crippen molar-refractivity contribution in [3.63, 3.8) is 0 Å². The minimum atomic E-state index is -1.21. The summed E-state index contributed by atoms with van der Waals surface area (Å²) in [7, 11) is 0. The summed E-state index contributed by atoms with van der Waals surface area (Å²) < 4.78 is 0. The van der Waals surface area contributed by atoms with Gasteiger partial charge in [-0.1, -0.05) is 6.92 Å². The molecule has 1 aliphatic carbocycles. The molecular weight excluding hydrogens is 292 g/mol. The van der Waals surface area contributed by atoms with Gasteiger partial charge in [0, 0.05) is 17.0 Å². The van der Waals surface area contributed by atoms with E-state index in [9.17, 15) is 14.4 Å². The monoisotopic (exact) mass is 308 g/mol. The number of aliphatic carboxylic acids is 1. The van der Waals surface area contributed by atoms with E-state index in [1.54, 1.807) is 0 Å². The van der Waals surface area contributed by atoms with Crippen molar-refractivity contribution < 1.29 is 19.5 Å². The van der Waals surface area contributed by atoms with E-state index in [4.69, 9.17) is 10.8 Å². The molecule has 21 heavy (non-hydrogen) atoms. The highest BCUT2D eigenvalue weighted by atomic mass is 32.1. The molecule has 0 saturated carbocycles. The van der Waals surface area contributed by atoms with E-state index in [1.807, 2.05) is 0 Å². The zero-order chi connectivity index (χ0) is 15.6.